The van der Waals surface area contributed by atoms with Crippen molar-refractivity contribution in [1.82, 2.24) is 9.80 Å². The second-order valence-electron chi connectivity index (χ2n) is 9.29. The molecule has 1 aliphatic heterocycles. The molecular formula is C29H38N2O5. The molecule has 1 atom stereocenters. The topological polar surface area (TPSA) is 79.3 Å². The molecule has 1 heterocycles. The summed E-state index contributed by atoms with van der Waals surface area (Å²) in [5, 5.41) is 11.2. The van der Waals surface area contributed by atoms with Gasteiger partial charge in [0.25, 0.3) is 11.7 Å². The first-order valence-electron chi connectivity index (χ1n) is 12.8. The van der Waals surface area contributed by atoms with E-state index >= 15 is 0 Å². The van der Waals surface area contributed by atoms with Crippen LogP contribution in [0, 0.1) is 0 Å². The average molecular weight is 495 g/mol. The number of amides is 1. The highest BCUT2D eigenvalue weighted by Crippen LogP contribution is 2.39. The Balaban J connectivity index is 1.95. The van der Waals surface area contributed by atoms with Gasteiger partial charge < -0.3 is 24.4 Å². The fourth-order valence-electron chi connectivity index (χ4n) is 4.04. The number of benzene rings is 2. The maximum Gasteiger partial charge on any atom is 0.295 e. The third-order valence-electron chi connectivity index (χ3n) is 6.18. The number of nitrogens with zero attached hydrogens (tertiary/aromatic N) is 2. The van der Waals surface area contributed by atoms with Crippen LogP contribution in [0.2, 0.25) is 0 Å². The van der Waals surface area contributed by atoms with Gasteiger partial charge in [-0.3, -0.25) is 9.59 Å². The predicted octanol–water partition coefficient (Wildman–Crippen LogP) is 5.03. The van der Waals surface area contributed by atoms with Crippen LogP contribution in [0.4, 0.5) is 0 Å². The summed E-state index contributed by atoms with van der Waals surface area (Å²) in [7, 11) is 3.83. The number of ketones is 1. The van der Waals surface area contributed by atoms with E-state index in [-0.39, 0.29) is 11.3 Å². The fourth-order valence-corrected chi connectivity index (χ4v) is 4.04. The monoisotopic (exact) mass is 494 g/mol. The Morgan fingerprint density at radius 2 is 1.42 bits per heavy atom. The number of carbonyl (C=O) groups is 2. The summed E-state index contributed by atoms with van der Waals surface area (Å²) in [4.78, 5) is 29.7. The number of hydrogen-bond donors (Lipinski definition) is 1. The third kappa shape index (κ3) is 6.66. The largest absolute Gasteiger partial charge is 0.507 e. The van der Waals surface area contributed by atoms with Crippen LogP contribution in [0.3, 0.4) is 0 Å². The number of aliphatic hydroxyl groups excluding tert-OH is 1. The lowest BCUT2D eigenvalue weighted by molar-refractivity contribution is -0.140. The zero-order valence-electron chi connectivity index (χ0n) is 21.8. The van der Waals surface area contributed by atoms with Crippen LogP contribution < -0.4 is 9.47 Å². The van der Waals surface area contributed by atoms with E-state index in [0.717, 1.165) is 37.0 Å². The van der Waals surface area contributed by atoms with Crippen LogP contribution in [0.25, 0.3) is 5.76 Å². The summed E-state index contributed by atoms with van der Waals surface area (Å²) < 4.78 is 11.5. The van der Waals surface area contributed by atoms with Gasteiger partial charge in [-0.1, -0.05) is 38.8 Å². The molecule has 0 bridgehead atoms. The Hall–Kier alpha value is -3.32. The van der Waals surface area contributed by atoms with E-state index in [1.807, 2.05) is 43.3 Å². The highest BCUT2D eigenvalue weighted by atomic mass is 16.5. The highest BCUT2D eigenvalue weighted by Gasteiger charge is 2.45. The van der Waals surface area contributed by atoms with E-state index in [0.29, 0.717) is 37.6 Å². The summed E-state index contributed by atoms with van der Waals surface area (Å²) in [5.41, 5.74) is 1.31. The number of carbonyl (C=O) groups excluding carboxylic acids is 2. The number of likely N-dealkylation sites (N-methyl/N-ethyl adjacent to an activating group) is 1. The van der Waals surface area contributed by atoms with Gasteiger partial charge in [-0.15, -0.1) is 0 Å². The maximum absolute atomic E-state index is 13.2. The molecule has 1 saturated heterocycles. The van der Waals surface area contributed by atoms with Gasteiger partial charge >= 0.3 is 0 Å². The van der Waals surface area contributed by atoms with Crippen LogP contribution >= 0.6 is 0 Å². The number of unbranched alkanes of at least 4 members (excludes halogenated alkanes) is 2. The molecule has 0 aromatic heterocycles. The molecule has 0 aliphatic carbocycles. The Kier molecular flexibility index (Phi) is 9.94. The van der Waals surface area contributed by atoms with Gasteiger partial charge in [0.1, 0.15) is 17.3 Å². The van der Waals surface area contributed by atoms with E-state index in [9.17, 15) is 14.7 Å². The number of hydrogen-bond acceptors (Lipinski definition) is 6. The minimum absolute atomic E-state index is 0.0954. The average Bonchev–Trinajstić information content (AvgIpc) is 3.13. The van der Waals surface area contributed by atoms with Crippen molar-refractivity contribution in [2.24, 2.45) is 0 Å². The Labute approximate surface area is 214 Å². The third-order valence-corrected chi connectivity index (χ3v) is 6.18. The van der Waals surface area contributed by atoms with Crippen LogP contribution in [0.15, 0.2) is 54.1 Å². The van der Waals surface area contributed by atoms with E-state index in [4.69, 9.17) is 9.47 Å². The number of likely N-dealkylation sites (tertiary alicyclic amines) is 1. The van der Waals surface area contributed by atoms with E-state index in [1.54, 1.807) is 29.2 Å². The highest BCUT2D eigenvalue weighted by molar-refractivity contribution is 6.46. The fraction of sp³-hybridized carbons (Fsp3) is 0.448. The molecule has 1 unspecified atom stereocenters. The van der Waals surface area contributed by atoms with Crippen molar-refractivity contribution in [3.8, 4) is 11.5 Å². The van der Waals surface area contributed by atoms with Gasteiger partial charge in [-0.2, -0.15) is 0 Å². The van der Waals surface area contributed by atoms with Crippen molar-refractivity contribution < 1.29 is 24.2 Å². The maximum atomic E-state index is 13.2. The molecular weight excluding hydrogens is 456 g/mol. The van der Waals surface area contributed by atoms with Crippen molar-refractivity contribution in [2.75, 3.05) is 40.4 Å². The standard InChI is InChI=1S/C29H38N2O5/c1-5-7-19-35-23-13-9-21(10-14-23)26-25(28(33)29(34)31(26)18-17-30(3)4)27(32)22-11-15-24(16-12-22)36-20-8-6-2/h9-16,26,32H,5-8,17-20H2,1-4H3. The van der Waals surface area contributed by atoms with Crippen LogP contribution in [-0.2, 0) is 9.59 Å². The van der Waals surface area contributed by atoms with Crippen molar-refractivity contribution >= 4 is 17.4 Å². The SMILES string of the molecule is CCCCOc1ccc(C(O)=C2C(=O)C(=O)N(CCN(C)C)C2c2ccc(OCCCC)cc2)cc1. The first-order valence-corrected chi connectivity index (χ1v) is 12.8. The van der Waals surface area contributed by atoms with Crippen LogP contribution in [0.1, 0.15) is 56.7 Å². The second-order valence-corrected chi connectivity index (χ2v) is 9.29. The van der Waals surface area contributed by atoms with Crippen molar-refractivity contribution in [3.05, 3.63) is 65.2 Å². The van der Waals surface area contributed by atoms with E-state index in [2.05, 4.69) is 13.8 Å². The van der Waals surface area contributed by atoms with Gasteiger partial charge in [0.2, 0.25) is 0 Å². The minimum atomic E-state index is -0.685. The molecule has 2 aromatic carbocycles. The summed E-state index contributed by atoms with van der Waals surface area (Å²) in [5.74, 6) is -0.0409. The predicted molar refractivity (Wildman–Crippen MR) is 141 cm³/mol. The number of rotatable bonds is 13. The van der Waals surface area contributed by atoms with Crippen molar-refractivity contribution in [3.63, 3.8) is 0 Å². The molecule has 1 amide bonds. The molecule has 1 N–H and O–H groups in total. The van der Waals surface area contributed by atoms with Crippen molar-refractivity contribution in [2.45, 2.75) is 45.6 Å². The number of Topliss-reactive ketones (excluding diaryl/α,β-unsaturated/α-hetero) is 1. The molecule has 1 fully saturated rings. The van der Waals surface area contributed by atoms with Gasteiger partial charge in [0, 0.05) is 18.7 Å². The number of aliphatic hydroxyl groups is 1. The van der Waals surface area contributed by atoms with Crippen LogP contribution in [0.5, 0.6) is 11.5 Å². The molecule has 0 saturated carbocycles. The summed E-state index contributed by atoms with van der Waals surface area (Å²) in [6.07, 6.45) is 4.01. The Morgan fingerprint density at radius 3 is 1.92 bits per heavy atom. The zero-order valence-corrected chi connectivity index (χ0v) is 21.8. The smallest absolute Gasteiger partial charge is 0.295 e. The molecule has 194 valence electrons. The summed E-state index contributed by atoms with van der Waals surface area (Å²) in [6, 6.07) is 13.7. The molecule has 7 nitrogen and oxygen atoms in total. The van der Waals surface area contributed by atoms with Crippen molar-refractivity contribution in [1.29, 1.82) is 0 Å². The van der Waals surface area contributed by atoms with Gasteiger partial charge in [0.15, 0.2) is 0 Å². The first-order chi connectivity index (χ1) is 17.4. The molecule has 3 rings (SSSR count). The second kappa shape index (κ2) is 13.1. The molecule has 2 aromatic rings. The lowest BCUT2D eigenvalue weighted by Crippen LogP contribution is -2.35. The van der Waals surface area contributed by atoms with Gasteiger partial charge in [-0.05, 0) is 68.9 Å². The Bertz CT molecular complexity index is 1040. The minimum Gasteiger partial charge on any atom is -0.507 e. The molecule has 1 aliphatic rings. The lowest BCUT2D eigenvalue weighted by atomic mass is 9.95. The molecule has 7 heteroatoms. The molecule has 0 radical (unpaired) electrons. The normalized spacial score (nSPS) is 17.1. The quantitative estimate of drug-likeness (QED) is 0.182. The summed E-state index contributed by atoms with van der Waals surface area (Å²) >= 11 is 0. The van der Waals surface area contributed by atoms with E-state index < -0.39 is 17.7 Å². The molecule has 36 heavy (non-hydrogen) atoms. The van der Waals surface area contributed by atoms with Gasteiger partial charge in [0.05, 0.1) is 24.8 Å². The van der Waals surface area contributed by atoms with Crippen LogP contribution in [-0.4, -0.2) is 67.0 Å². The van der Waals surface area contributed by atoms with Gasteiger partial charge in [-0.25, -0.2) is 0 Å². The lowest BCUT2D eigenvalue weighted by Gasteiger charge is -2.26. The number of ether oxygens (including phenoxy) is 2. The summed E-state index contributed by atoms with van der Waals surface area (Å²) in [6.45, 7) is 6.41. The first kappa shape index (κ1) is 27.3. The zero-order chi connectivity index (χ0) is 26.1. The Morgan fingerprint density at radius 1 is 0.889 bits per heavy atom. The van der Waals surface area contributed by atoms with E-state index in [1.165, 1.54) is 0 Å². The molecule has 0 spiro atoms.